The first-order valence-corrected chi connectivity index (χ1v) is 8.67. The third-order valence-electron chi connectivity index (χ3n) is 3.70. The molecule has 130 valence electrons. The first-order chi connectivity index (χ1) is 11.9. The second-order valence-electron chi connectivity index (χ2n) is 5.95. The van der Waals surface area contributed by atoms with Crippen LogP contribution in [0.25, 0.3) is 11.6 Å². The maximum atomic E-state index is 12.1. The van der Waals surface area contributed by atoms with E-state index in [2.05, 4.69) is 4.99 Å². The Kier molecular flexibility index (Phi) is 4.59. The van der Waals surface area contributed by atoms with Gasteiger partial charge in [0.2, 0.25) is 5.88 Å². The van der Waals surface area contributed by atoms with E-state index in [-0.39, 0.29) is 18.5 Å². The number of aliphatic imine (C=N–C) groups is 1. The van der Waals surface area contributed by atoms with Gasteiger partial charge in [-0.15, -0.1) is 0 Å². The van der Waals surface area contributed by atoms with Crippen LogP contribution in [0, 0.1) is 0 Å². The molecule has 6 nitrogen and oxygen atoms in total. The number of hydrogen-bond acceptors (Lipinski definition) is 6. The Bertz CT molecular complexity index is 950. The zero-order valence-electron chi connectivity index (χ0n) is 14.1. The molecule has 0 aliphatic carbocycles. The molecule has 25 heavy (non-hydrogen) atoms. The van der Waals surface area contributed by atoms with Gasteiger partial charge >= 0.3 is 10.8 Å². The van der Waals surface area contributed by atoms with Crippen molar-refractivity contribution in [3.05, 3.63) is 44.4 Å². The van der Waals surface area contributed by atoms with Crippen molar-refractivity contribution in [2.24, 2.45) is 4.99 Å². The van der Waals surface area contributed by atoms with Gasteiger partial charge in [-0.3, -0.25) is 19.1 Å². The van der Waals surface area contributed by atoms with Crippen LogP contribution in [0.15, 0.2) is 34.1 Å². The molecule has 0 saturated carbocycles. The van der Waals surface area contributed by atoms with Crippen molar-refractivity contribution in [1.29, 1.82) is 0 Å². The molecular weight excluding hydrogens is 340 g/mol. The highest BCUT2D eigenvalue weighted by molar-refractivity contribution is 7.10. The number of aromatic nitrogens is 1. The molecule has 1 aromatic heterocycles. The quantitative estimate of drug-likeness (QED) is 0.851. The van der Waals surface area contributed by atoms with E-state index in [1.54, 1.807) is 19.9 Å². The Morgan fingerprint density at radius 2 is 2.12 bits per heavy atom. The van der Waals surface area contributed by atoms with Gasteiger partial charge in [-0.05, 0) is 32.9 Å². The highest BCUT2D eigenvalue weighted by Crippen LogP contribution is 2.37. The largest absolute Gasteiger partial charge is 0.493 e. The topological polar surface area (TPSA) is 80.9 Å². The molecule has 3 rings (SSSR count). The SMILES string of the molecule is CC1=Nc2ccccc2/C1=C/c1sc(=O)n(CC(=O)OC(C)C)c1O. The number of nitrogens with zero attached hydrogens (tertiary/aromatic N) is 2. The number of ether oxygens (including phenoxy) is 1. The van der Waals surface area contributed by atoms with Gasteiger partial charge < -0.3 is 9.84 Å². The lowest BCUT2D eigenvalue weighted by atomic mass is 10.0. The van der Waals surface area contributed by atoms with Crippen LogP contribution in [0.2, 0.25) is 0 Å². The monoisotopic (exact) mass is 358 g/mol. The lowest BCUT2D eigenvalue weighted by Crippen LogP contribution is -2.22. The summed E-state index contributed by atoms with van der Waals surface area (Å²) in [7, 11) is 0. The molecule has 0 unspecified atom stereocenters. The van der Waals surface area contributed by atoms with Crippen LogP contribution in [0.3, 0.4) is 0 Å². The highest BCUT2D eigenvalue weighted by atomic mass is 32.1. The number of hydrogen-bond donors (Lipinski definition) is 1. The zero-order valence-corrected chi connectivity index (χ0v) is 15.0. The molecule has 0 fully saturated rings. The average molecular weight is 358 g/mol. The molecule has 2 heterocycles. The molecule has 0 spiro atoms. The minimum absolute atomic E-state index is 0.236. The Morgan fingerprint density at radius 1 is 1.40 bits per heavy atom. The van der Waals surface area contributed by atoms with Crippen LogP contribution in [0.1, 0.15) is 31.2 Å². The Labute approximate surface area is 148 Å². The minimum atomic E-state index is -0.562. The van der Waals surface area contributed by atoms with Gasteiger partial charge in [0, 0.05) is 16.8 Å². The molecule has 2 aromatic rings. The number of carbonyl (C=O) groups is 1. The highest BCUT2D eigenvalue weighted by Gasteiger charge is 2.21. The van der Waals surface area contributed by atoms with Gasteiger partial charge in [0.15, 0.2) is 0 Å². The molecule has 0 atom stereocenters. The van der Waals surface area contributed by atoms with Gasteiger partial charge in [-0.2, -0.15) is 0 Å². The third kappa shape index (κ3) is 3.41. The minimum Gasteiger partial charge on any atom is -0.493 e. The van der Waals surface area contributed by atoms with Gasteiger partial charge in [-0.1, -0.05) is 29.5 Å². The molecule has 0 amide bonds. The number of aromatic hydroxyl groups is 1. The number of thiazole rings is 1. The van der Waals surface area contributed by atoms with Gasteiger partial charge in [0.25, 0.3) is 0 Å². The van der Waals surface area contributed by atoms with E-state index in [0.29, 0.717) is 4.88 Å². The van der Waals surface area contributed by atoms with Gasteiger partial charge in [0.05, 0.1) is 16.7 Å². The van der Waals surface area contributed by atoms with Crippen LogP contribution < -0.4 is 4.87 Å². The summed E-state index contributed by atoms with van der Waals surface area (Å²) in [5, 5.41) is 10.4. The van der Waals surface area contributed by atoms with E-state index in [1.807, 2.05) is 31.2 Å². The molecule has 0 saturated heterocycles. The van der Waals surface area contributed by atoms with Crippen molar-refractivity contribution in [2.75, 3.05) is 0 Å². The summed E-state index contributed by atoms with van der Waals surface area (Å²) in [5.74, 6) is -0.797. The van der Waals surface area contributed by atoms with Gasteiger partial charge in [0.1, 0.15) is 6.54 Å². The lowest BCUT2D eigenvalue weighted by Gasteiger charge is -2.08. The van der Waals surface area contributed by atoms with Crippen molar-refractivity contribution in [1.82, 2.24) is 4.57 Å². The molecule has 0 radical (unpaired) electrons. The van der Waals surface area contributed by atoms with Crippen molar-refractivity contribution >= 4 is 40.4 Å². The first-order valence-electron chi connectivity index (χ1n) is 7.85. The number of fused-ring (bicyclic) bond motifs is 1. The molecule has 1 N–H and O–H groups in total. The summed E-state index contributed by atoms with van der Waals surface area (Å²) < 4.78 is 6.05. The van der Waals surface area contributed by atoms with E-state index < -0.39 is 10.8 Å². The summed E-state index contributed by atoms with van der Waals surface area (Å²) in [5.41, 5.74) is 3.47. The van der Waals surface area contributed by atoms with E-state index in [4.69, 9.17) is 4.74 Å². The summed E-state index contributed by atoms with van der Waals surface area (Å²) >= 11 is 0.884. The van der Waals surface area contributed by atoms with E-state index in [9.17, 15) is 14.7 Å². The Morgan fingerprint density at radius 3 is 2.84 bits per heavy atom. The fourth-order valence-corrected chi connectivity index (χ4v) is 3.45. The maximum Gasteiger partial charge on any atom is 0.326 e. The predicted octanol–water partition coefficient (Wildman–Crippen LogP) is 3.21. The predicted molar refractivity (Wildman–Crippen MR) is 98.6 cm³/mol. The van der Waals surface area contributed by atoms with Crippen LogP contribution in [-0.2, 0) is 16.1 Å². The third-order valence-corrected chi connectivity index (χ3v) is 4.61. The molecular formula is C18H18N2O4S. The zero-order chi connectivity index (χ0) is 18.1. The first kappa shape index (κ1) is 17.2. The molecule has 1 aromatic carbocycles. The van der Waals surface area contributed by atoms with E-state index >= 15 is 0 Å². The molecule has 0 bridgehead atoms. The Hall–Kier alpha value is -2.67. The standard InChI is InChI=1S/C18H18N2O4S/c1-10(2)24-16(21)9-20-17(22)15(25-18(20)23)8-13-11(3)19-14-7-5-4-6-12(13)14/h4-8,10,22H,9H2,1-3H3/b13-8+. The lowest BCUT2D eigenvalue weighted by molar-refractivity contribution is -0.148. The van der Waals surface area contributed by atoms with Crippen LogP contribution >= 0.6 is 11.3 Å². The summed E-state index contributed by atoms with van der Waals surface area (Å²) in [6, 6.07) is 7.68. The summed E-state index contributed by atoms with van der Waals surface area (Å²) in [4.78, 5) is 28.4. The molecule has 1 aliphatic heterocycles. The fourth-order valence-electron chi connectivity index (χ4n) is 2.62. The molecule has 1 aliphatic rings. The van der Waals surface area contributed by atoms with Crippen molar-refractivity contribution in [3.63, 3.8) is 0 Å². The van der Waals surface area contributed by atoms with Gasteiger partial charge in [-0.25, -0.2) is 0 Å². The second kappa shape index (κ2) is 6.68. The number of rotatable bonds is 4. The number of para-hydroxylation sites is 1. The van der Waals surface area contributed by atoms with Crippen LogP contribution in [0.4, 0.5) is 5.69 Å². The molecule has 7 heteroatoms. The fraction of sp³-hybridized carbons (Fsp3) is 0.278. The van der Waals surface area contributed by atoms with E-state index in [1.165, 1.54) is 0 Å². The number of allylic oxidation sites excluding steroid dienone is 1. The number of benzene rings is 1. The number of carbonyl (C=O) groups excluding carboxylic acids is 1. The normalized spacial score (nSPS) is 14.7. The average Bonchev–Trinajstić information content (AvgIpc) is 2.99. The Balaban J connectivity index is 1.95. The second-order valence-corrected chi connectivity index (χ2v) is 6.95. The van der Waals surface area contributed by atoms with Crippen LogP contribution in [-0.4, -0.2) is 27.5 Å². The van der Waals surface area contributed by atoms with Crippen molar-refractivity contribution in [3.8, 4) is 5.88 Å². The van der Waals surface area contributed by atoms with Crippen molar-refractivity contribution < 1.29 is 14.6 Å². The summed E-state index contributed by atoms with van der Waals surface area (Å²) in [6.45, 7) is 5.02. The number of esters is 1. The smallest absolute Gasteiger partial charge is 0.326 e. The van der Waals surface area contributed by atoms with E-state index in [0.717, 1.165) is 38.4 Å². The van der Waals surface area contributed by atoms with Crippen LogP contribution in [0.5, 0.6) is 5.88 Å². The summed E-state index contributed by atoms with van der Waals surface area (Å²) in [6.07, 6.45) is 1.45. The maximum absolute atomic E-state index is 12.1. The van der Waals surface area contributed by atoms with Crippen molar-refractivity contribution in [2.45, 2.75) is 33.4 Å².